The van der Waals surface area contributed by atoms with Gasteiger partial charge < -0.3 is 14.2 Å². The molecule has 0 rings (SSSR count). The highest BCUT2D eigenvalue weighted by Crippen LogP contribution is 2.14. The molecule has 0 spiro atoms. The topological polar surface area (TPSA) is 78.9 Å². The molecule has 6 heteroatoms. The highest BCUT2D eigenvalue weighted by atomic mass is 16.6. The fraction of sp³-hybridized carbons (Fsp3) is 0.657. The van der Waals surface area contributed by atoms with E-state index in [9.17, 15) is 14.4 Å². The zero-order chi connectivity index (χ0) is 52.9. The fourth-order valence-corrected chi connectivity index (χ4v) is 7.97. The van der Waals surface area contributed by atoms with E-state index in [0.717, 1.165) is 103 Å². The van der Waals surface area contributed by atoms with Crippen molar-refractivity contribution < 1.29 is 28.6 Å². The summed E-state index contributed by atoms with van der Waals surface area (Å²) in [6, 6.07) is 0. The van der Waals surface area contributed by atoms with E-state index in [1.165, 1.54) is 116 Å². The lowest BCUT2D eigenvalue weighted by molar-refractivity contribution is -0.167. The molecule has 0 aromatic carbocycles. The number of hydrogen-bond acceptors (Lipinski definition) is 6. The van der Waals surface area contributed by atoms with Crippen LogP contribution in [0.5, 0.6) is 0 Å². The van der Waals surface area contributed by atoms with Crippen LogP contribution in [0.4, 0.5) is 0 Å². The van der Waals surface area contributed by atoms with Crippen LogP contribution in [0.1, 0.15) is 265 Å². The van der Waals surface area contributed by atoms with Crippen molar-refractivity contribution in [3.63, 3.8) is 0 Å². The third-order valence-corrected chi connectivity index (χ3v) is 12.5. The van der Waals surface area contributed by atoms with E-state index in [1.54, 1.807) is 0 Å². The lowest BCUT2D eigenvalue weighted by Gasteiger charge is -2.18. The molecule has 1 unspecified atom stereocenters. The third-order valence-electron chi connectivity index (χ3n) is 12.5. The minimum absolute atomic E-state index is 0.0979. The van der Waals surface area contributed by atoms with Gasteiger partial charge in [0.15, 0.2) is 6.10 Å². The second-order valence-corrected chi connectivity index (χ2v) is 19.5. The van der Waals surface area contributed by atoms with Gasteiger partial charge in [-0.15, -0.1) is 0 Å². The van der Waals surface area contributed by atoms with Crippen LogP contribution in [0.3, 0.4) is 0 Å². The second-order valence-electron chi connectivity index (χ2n) is 19.5. The molecule has 0 N–H and O–H groups in total. The van der Waals surface area contributed by atoms with Crippen LogP contribution in [0.2, 0.25) is 0 Å². The Morgan fingerprint density at radius 2 is 0.548 bits per heavy atom. The maximum Gasteiger partial charge on any atom is 0.306 e. The molecule has 0 saturated heterocycles. The lowest BCUT2D eigenvalue weighted by atomic mass is 10.1. The summed E-state index contributed by atoms with van der Waals surface area (Å²) in [5, 5.41) is 0. The number of ether oxygens (including phenoxy) is 3. The zero-order valence-electron chi connectivity index (χ0n) is 47.4. The van der Waals surface area contributed by atoms with E-state index in [1.807, 2.05) is 0 Å². The Labute approximate surface area is 450 Å². The van der Waals surface area contributed by atoms with Crippen LogP contribution >= 0.6 is 0 Å². The molecule has 0 amide bonds. The molecule has 0 radical (unpaired) electrons. The molecule has 0 aliphatic rings. The molecule has 414 valence electrons. The number of carbonyl (C=O) groups excluding carboxylic acids is 3. The van der Waals surface area contributed by atoms with Crippen molar-refractivity contribution in [3.8, 4) is 0 Å². The third kappa shape index (κ3) is 58.6. The van der Waals surface area contributed by atoms with E-state index in [-0.39, 0.29) is 37.5 Å². The van der Waals surface area contributed by atoms with Gasteiger partial charge in [-0.2, -0.15) is 0 Å². The number of hydrogen-bond donors (Lipinski definition) is 0. The second kappa shape index (κ2) is 60.4. The Balaban J connectivity index is 4.30. The Morgan fingerprint density at radius 1 is 0.288 bits per heavy atom. The first-order valence-corrected chi connectivity index (χ1v) is 30.0. The predicted octanol–water partition coefficient (Wildman–Crippen LogP) is 20.4. The van der Waals surface area contributed by atoms with Gasteiger partial charge in [0.1, 0.15) is 13.2 Å². The predicted molar refractivity (Wildman–Crippen MR) is 316 cm³/mol. The summed E-state index contributed by atoms with van der Waals surface area (Å²) in [5.74, 6) is -0.969. The Kier molecular flexibility index (Phi) is 56.9. The summed E-state index contributed by atoms with van der Waals surface area (Å²) in [6.07, 6.45) is 83.7. The molecule has 73 heavy (non-hydrogen) atoms. The van der Waals surface area contributed by atoms with Crippen LogP contribution < -0.4 is 0 Å². The minimum atomic E-state index is -0.802. The zero-order valence-corrected chi connectivity index (χ0v) is 47.4. The van der Waals surface area contributed by atoms with E-state index < -0.39 is 6.10 Å². The van der Waals surface area contributed by atoms with E-state index >= 15 is 0 Å². The molecule has 0 saturated carbocycles. The number of rotatable bonds is 53. The standard InChI is InChI=1S/C67H110O6/c1-4-7-10-13-16-18-20-22-24-26-28-29-30-31-32-33-34-35-36-37-39-40-42-44-46-48-51-54-57-60-66(69)72-63-64(62-71-65(68)59-56-53-50-15-12-9-6-3)73-67(70)61-58-55-52-49-47-45-43-41-38-27-25-23-21-19-17-14-11-8-5-2/h7,10,16,18,22-25,28-29,31-32,34-35,37,39,42,44,48,51,64H,4-6,8-9,11-15,17,19-21,26-27,30,33,36,38,40-41,43,45-47,49-50,52-63H2,1-3H3/b10-7-,18-16-,24-22-,25-23-,29-28-,32-31-,35-34-,39-37-,44-42-,51-48-. The summed E-state index contributed by atoms with van der Waals surface area (Å²) in [6.45, 7) is 6.43. The molecule has 1 atom stereocenters. The van der Waals surface area contributed by atoms with Gasteiger partial charge in [0.2, 0.25) is 0 Å². The Morgan fingerprint density at radius 3 is 0.904 bits per heavy atom. The average Bonchev–Trinajstić information content (AvgIpc) is 3.39. The number of allylic oxidation sites excluding steroid dienone is 20. The summed E-state index contributed by atoms with van der Waals surface area (Å²) in [4.78, 5) is 38.0. The minimum Gasteiger partial charge on any atom is -0.462 e. The molecule has 0 fully saturated rings. The van der Waals surface area contributed by atoms with Gasteiger partial charge in [-0.1, -0.05) is 258 Å². The van der Waals surface area contributed by atoms with Gasteiger partial charge in [-0.05, 0) is 109 Å². The maximum absolute atomic E-state index is 12.8. The molecule has 0 aromatic rings. The summed E-state index contributed by atoms with van der Waals surface area (Å²) in [5.41, 5.74) is 0. The average molecular weight is 1010 g/mol. The summed E-state index contributed by atoms with van der Waals surface area (Å²) >= 11 is 0. The number of unbranched alkanes of at least 4 members (excludes halogenated alkanes) is 22. The van der Waals surface area contributed by atoms with Gasteiger partial charge in [0, 0.05) is 19.3 Å². The number of esters is 3. The molecular formula is C67H110O6. The molecule has 0 bridgehead atoms. The van der Waals surface area contributed by atoms with Gasteiger partial charge in [0.05, 0.1) is 0 Å². The quantitative estimate of drug-likeness (QED) is 0.0261. The highest BCUT2D eigenvalue weighted by molar-refractivity contribution is 5.71. The lowest BCUT2D eigenvalue weighted by Crippen LogP contribution is -2.30. The highest BCUT2D eigenvalue weighted by Gasteiger charge is 2.19. The van der Waals surface area contributed by atoms with Crippen molar-refractivity contribution in [2.45, 2.75) is 271 Å². The van der Waals surface area contributed by atoms with Crippen molar-refractivity contribution >= 4 is 17.9 Å². The van der Waals surface area contributed by atoms with Gasteiger partial charge >= 0.3 is 17.9 Å². The molecule has 0 heterocycles. The van der Waals surface area contributed by atoms with Crippen molar-refractivity contribution in [2.24, 2.45) is 0 Å². The molecular weight excluding hydrogens is 901 g/mol. The van der Waals surface area contributed by atoms with Crippen LogP contribution in [0.25, 0.3) is 0 Å². The van der Waals surface area contributed by atoms with Gasteiger partial charge in [-0.3, -0.25) is 14.4 Å². The summed E-state index contributed by atoms with van der Waals surface area (Å²) in [7, 11) is 0. The van der Waals surface area contributed by atoms with Crippen molar-refractivity contribution in [2.75, 3.05) is 13.2 Å². The van der Waals surface area contributed by atoms with E-state index in [0.29, 0.717) is 19.3 Å². The Hall–Kier alpha value is -4.19. The normalized spacial score (nSPS) is 13.0. The van der Waals surface area contributed by atoms with Gasteiger partial charge in [-0.25, -0.2) is 0 Å². The molecule has 0 aliphatic carbocycles. The summed E-state index contributed by atoms with van der Waals surface area (Å²) < 4.78 is 16.7. The monoisotopic (exact) mass is 1010 g/mol. The largest absolute Gasteiger partial charge is 0.462 e. The van der Waals surface area contributed by atoms with E-state index in [4.69, 9.17) is 14.2 Å². The van der Waals surface area contributed by atoms with E-state index in [2.05, 4.69) is 142 Å². The SMILES string of the molecule is CC/C=C\C/C=C\C/C=C\C/C=C\C/C=C\C/C=C\C/C=C\C/C=C\C/C=C\CCCC(=O)OCC(COC(=O)CCCCCCCCC)OC(=O)CCCCCCCCCCC/C=C\CCCCCCCC. The maximum atomic E-state index is 12.8. The fourth-order valence-electron chi connectivity index (χ4n) is 7.97. The first-order valence-electron chi connectivity index (χ1n) is 30.0. The van der Waals surface area contributed by atoms with Crippen molar-refractivity contribution in [1.29, 1.82) is 0 Å². The van der Waals surface area contributed by atoms with Crippen LogP contribution in [-0.4, -0.2) is 37.2 Å². The smallest absolute Gasteiger partial charge is 0.306 e. The molecule has 0 aromatic heterocycles. The molecule has 6 nitrogen and oxygen atoms in total. The number of carbonyl (C=O) groups is 3. The molecule has 0 aliphatic heterocycles. The van der Waals surface area contributed by atoms with Crippen LogP contribution in [0.15, 0.2) is 122 Å². The first-order chi connectivity index (χ1) is 36.0. The first kappa shape index (κ1) is 68.8. The van der Waals surface area contributed by atoms with Crippen molar-refractivity contribution in [3.05, 3.63) is 122 Å². The van der Waals surface area contributed by atoms with Crippen LogP contribution in [-0.2, 0) is 28.6 Å². The van der Waals surface area contributed by atoms with Crippen LogP contribution in [0, 0.1) is 0 Å². The van der Waals surface area contributed by atoms with Gasteiger partial charge in [0.25, 0.3) is 0 Å². The van der Waals surface area contributed by atoms with Crippen molar-refractivity contribution in [1.82, 2.24) is 0 Å². The Bertz CT molecular complexity index is 1540.